The Morgan fingerprint density at radius 2 is 2.25 bits per heavy atom. The molecule has 1 atom stereocenters. The summed E-state index contributed by atoms with van der Waals surface area (Å²) < 4.78 is 10.5. The Labute approximate surface area is 93.9 Å². The molecule has 1 unspecified atom stereocenters. The van der Waals surface area contributed by atoms with Crippen LogP contribution in [0.25, 0.3) is 0 Å². The summed E-state index contributed by atoms with van der Waals surface area (Å²) in [5.41, 5.74) is 0.775. The Morgan fingerprint density at radius 1 is 1.44 bits per heavy atom. The summed E-state index contributed by atoms with van der Waals surface area (Å²) in [6.45, 7) is 3.79. The van der Waals surface area contributed by atoms with Crippen LogP contribution in [0.5, 0.6) is 0 Å². The van der Waals surface area contributed by atoms with E-state index in [9.17, 15) is 5.11 Å². The van der Waals surface area contributed by atoms with Gasteiger partial charge in [-0.2, -0.15) is 0 Å². The highest BCUT2D eigenvalue weighted by atomic mass is 16.5. The number of hydrogen-bond donors (Lipinski definition) is 1. The van der Waals surface area contributed by atoms with E-state index in [1.54, 1.807) is 6.07 Å². The molecule has 0 radical (unpaired) electrons. The smallest absolute Gasteiger partial charge is 0.165 e. The monoisotopic (exact) mass is 221 g/mol. The van der Waals surface area contributed by atoms with E-state index in [-0.39, 0.29) is 0 Å². The molecule has 0 saturated carbocycles. The molecule has 0 saturated heterocycles. The van der Waals surface area contributed by atoms with Crippen LogP contribution >= 0.6 is 0 Å². The van der Waals surface area contributed by atoms with Gasteiger partial charge in [-0.05, 0) is 25.5 Å². The average Bonchev–Trinajstić information content (AvgIpc) is 2.87. The minimum atomic E-state index is -0.570. The molecule has 0 bridgehead atoms. The number of aliphatic hydroxyl groups is 1. The molecule has 0 fully saturated rings. The first-order valence-electron chi connectivity index (χ1n) is 5.38. The lowest BCUT2D eigenvalue weighted by Gasteiger charge is -1.99. The van der Waals surface area contributed by atoms with Gasteiger partial charge >= 0.3 is 0 Å². The second-order valence-corrected chi connectivity index (χ2v) is 3.83. The molecule has 2 heterocycles. The number of aromatic nitrogens is 1. The van der Waals surface area contributed by atoms with Gasteiger partial charge in [-0.25, -0.2) is 0 Å². The van der Waals surface area contributed by atoms with Crippen molar-refractivity contribution in [3.05, 3.63) is 41.2 Å². The molecule has 1 N–H and O–H groups in total. The van der Waals surface area contributed by atoms with E-state index < -0.39 is 6.10 Å². The Morgan fingerprint density at radius 3 is 2.88 bits per heavy atom. The largest absolute Gasteiger partial charge is 0.466 e. The van der Waals surface area contributed by atoms with E-state index in [4.69, 9.17) is 8.94 Å². The molecule has 0 aliphatic heterocycles. The lowest BCUT2D eigenvalue weighted by atomic mass is 10.2. The number of furan rings is 1. The highest BCUT2D eigenvalue weighted by Gasteiger charge is 2.12. The second-order valence-electron chi connectivity index (χ2n) is 3.83. The van der Waals surface area contributed by atoms with Gasteiger partial charge in [-0.15, -0.1) is 0 Å². The van der Waals surface area contributed by atoms with Crippen molar-refractivity contribution < 1.29 is 14.0 Å². The van der Waals surface area contributed by atoms with Crippen LogP contribution in [0.1, 0.15) is 42.4 Å². The Bertz CT molecular complexity index is 458. The topological polar surface area (TPSA) is 59.4 Å². The number of aliphatic hydroxyl groups excluding tert-OH is 1. The van der Waals surface area contributed by atoms with Gasteiger partial charge in [-0.3, -0.25) is 0 Å². The fourth-order valence-corrected chi connectivity index (χ4v) is 1.53. The predicted octanol–water partition coefficient (Wildman–Crippen LogP) is 2.61. The van der Waals surface area contributed by atoms with Gasteiger partial charge in [-0.1, -0.05) is 12.1 Å². The van der Waals surface area contributed by atoms with E-state index in [1.807, 2.05) is 26.0 Å². The summed E-state index contributed by atoms with van der Waals surface area (Å²) in [5, 5.41) is 13.5. The van der Waals surface area contributed by atoms with Gasteiger partial charge in [0.25, 0.3) is 0 Å². The fourth-order valence-electron chi connectivity index (χ4n) is 1.53. The van der Waals surface area contributed by atoms with E-state index >= 15 is 0 Å². The standard InChI is InChI=1S/C12H15NO3/c1-3-11(14)12-7-9(13-16-12)6-10-5-4-8(2)15-10/h4-5,7,11,14H,3,6H2,1-2H3. The van der Waals surface area contributed by atoms with E-state index in [2.05, 4.69) is 5.16 Å². The zero-order chi connectivity index (χ0) is 11.5. The van der Waals surface area contributed by atoms with E-state index in [0.717, 1.165) is 17.2 Å². The van der Waals surface area contributed by atoms with Crippen LogP contribution in [0.15, 0.2) is 27.1 Å². The molecule has 0 aliphatic carbocycles. The van der Waals surface area contributed by atoms with Crippen LogP contribution in [0.2, 0.25) is 0 Å². The van der Waals surface area contributed by atoms with Gasteiger partial charge in [0.05, 0.1) is 12.1 Å². The molecule has 4 nitrogen and oxygen atoms in total. The molecule has 2 aromatic rings. The molecule has 16 heavy (non-hydrogen) atoms. The molecule has 0 aliphatic rings. The third kappa shape index (κ3) is 2.33. The fraction of sp³-hybridized carbons (Fsp3) is 0.417. The molecule has 86 valence electrons. The van der Waals surface area contributed by atoms with Gasteiger partial charge in [0.15, 0.2) is 5.76 Å². The van der Waals surface area contributed by atoms with Crippen molar-refractivity contribution in [3.8, 4) is 0 Å². The number of aryl methyl sites for hydroxylation is 1. The normalized spacial score (nSPS) is 12.9. The van der Waals surface area contributed by atoms with Gasteiger partial charge in [0.1, 0.15) is 17.6 Å². The second kappa shape index (κ2) is 4.53. The first-order chi connectivity index (χ1) is 7.69. The Hall–Kier alpha value is -1.55. The van der Waals surface area contributed by atoms with Crippen LogP contribution in [-0.2, 0) is 6.42 Å². The summed E-state index contributed by atoms with van der Waals surface area (Å²) in [4.78, 5) is 0. The molecular weight excluding hydrogens is 206 g/mol. The Balaban J connectivity index is 2.08. The summed E-state index contributed by atoms with van der Waals surface area (Å²) in [6.07, 6.45) is 0.641. The van der Waals surface area contributed by atoms with Crippen molar-refractivity contribution in [2.45, 2.75) is 32.8 Å². The van der Waals surface area contributed by atoms with Gasteiger partial charge < -0.3 is 14.0 Å². The zero-order valence-corrected chi connectivity index (χ0v) is 9.43. The van der Waals surface area contributed by atoms with Crippen molar-refractivity contribution in [2.24, 2.45) is 0 Å². The quantitative estimate of drug-likeness (QED) is 0.862. The number of hydrogen-bond acceptors (Lipinski definition) is 4. The van der Waals surface area contributed by atoms with E-state index in [1.165, 1.54) is 0 Å². The summed E-state index contributed by atoms with van der Waals surface area (Å²) >= 11 is 0. The maximum absolute atomic E-state index is 9.56. The lowest BCUT2D eigenvalue weighted by molar-refractivity contribution is 0.135. The van der Waals surface area contributed by atoms with Gasteiger partial charge in [0, 0.05) is 6.07 Å². The maximum Gasteiger partial charge on any atom is 0.165 e. The third-order valence-electron chi connectivity index (χ3n) is 2.44. The number of nitrogens with zero attached hydrogens (tertiary/aromatic N) is 1. The van der Waals surface area contributed by atoms with E-state index in [0.29, 0.717) is 18.6 Å². The highest BCUT2D eigenvalue weighted by Crippen LogP contribution is 2.19. The molecular formula is C12H15NO3. The highest BCUT2D eigenvalue weighted by molar-refractivity contribution is 5.16. The molecule has 0 spiro atoms. The Kier molecular flexibility index (Phi) is 3.10. The molecule has 0 aromatic carbocycles. The third-order valence-corrected chi connectivity index (χ3v) is 2.44. The average molecular weight is 221 g/mol. The molecule has 2 aromatic heterocycles. The molecule has 2 rings (SSSR count). The summed E-state index contributed by atoms with van der Waals surface area (Å²) in [6, 6.07) is 5.60. The van der Waals surface area contributed by atoms with Crippen molar-refractivity contribution >= 4 is 0 Å². The predicted molar refractivity (Wildman–Crippen MR) is 58.0 cm³/mol. The number of rotatable bonds is 4. The zero-order valence-electron chi connectivity index (χ0n) is 9.43. The van der Waals surface area contributed by atoms with Crippen LogP contribution in [-0.4, -0.2) is 10.3 Å². The first-order valence-corrected chi connectivity index (χ1v) is 5.38. The van der Waals surface area contributed by atoms with Crippen LogP contribution in [0, 0.1) is 6.92 Å². The summed E-state index contributed by atoms with van der Waals surface area (Å²) in [5.74, 6) is 2.25. The van der Waals surface area contributed by atoms with Crippen LogP contribution in [0.3, 0.4) is 0 Å². The molecule has 0 amide bonds. The van der Waals surface area contributed by atoms with Gasteiger partial charge in [0.2, 0.25) is 0 Å². The maximum atomic E-state index is 9.56. The van der Waals surface area contributed by atoms with Crippen molar-refractivity contribution in [1.29, 1.82) is 0 Å². The van der Waals surface area contributed by atoms with Crippen LogP contribution < -0.4 is 0 Å². The molecule has 4 heteroatoms. The minimum absolute atomic E-state index is 0.515. The minimum Gasteiger partial charge on any atom is -0.466 e. The lowest BCUT2D eigenvalue weighted by Crippen LogP contribution is -1.91. The van der Waals surface area contributed by atoms with Crippen molar-refractivity contribution in [3.63, 3.8) is 0 Å². The van der Waals surface area contributed by atoms with Crippen molar-refractivity contribution in [1.82, 2.24) is 5.16 Å². The SMILES string of the molecule is CCC(O)c1cc(Cc2ccc(C)o2)no1. The van der Waals surface area contributed by atoms with Crippen molar-refractivity contribution in [2.75, 3.05) is 0 Å². The summed E-state index contributed by atoms with van der Waals surface area (Å²) in [7, 11) is 0. The first kappa shape index (κ1) is 11.0. The van der Waals surface area contributed by atoms with Crippen LogP contribution in [0.4, 0.5) is 0 Å².